The molecule has 0 N–H and O–H groups in total. The number of carbonyl (C=O) groups is 2. The summed E-state index contributed by atoms with van der Waals surface area (Å²) in [7, 11) is 0. The van der Waals surface area contributed by atoms with E-state index in [1.807, 2.05) is 4.90 Å². The van der Waals surface area contributed by atoms with Gasteiger partial charge in [-0.3, -0.25) is 14.5 Å². The summed E-state index contributed by atoms with van der Waals surface area (Å²) in [4.78, 5) is 26.1. The number of rotatable bonds is 8. The van der Waals surface area contributed by atoms with Crippen LogP contribution in [0.15, 0.2) is 25.3 Å². The summed E-state index contributed by atoms with van der Waals surface area (Å²) in [6, 6.07) is 0. The van der Waals surface area contributed by atoms with Gasteiger partial charge in [-0.15, -0.1) is 0 Å². The minimum atomic E-state index is -1.12. The summed E-state index contributed by atoms with van der Waals surface area (Å²) in [6.07, 6.45) is 2.87. The molecule has 0 bridgehead atoms. The standard InChI is InChI=1S/C14H21NO5S/c1-3-7-19-13(16)11(14(17)20-8-4-2)12(21)15-5-9-18-10-6-15/h3-4,11-12,21H,1-2,5-10H2. The normalized spacial score (nSPS) is 17.0. The van der Waals surface area contributed by atoms with Gasteiger partial charge in [-0.05, 0) is 0 Å². The van der Waals surface area contributed by atoms with Crippen LogP contribution >= 0.6 is 12.6 Å². The highest BCUT2D eigenvalue weighted by Crippen LogP contribution is 2.20. The molecule has 0 radical (unpaired) electrons. The third kappa shape index (κ3) is 5.53. The topological polar surface area (TPSA) is 65.1 Å². The largest absolute Gasteiger partial charge is 0.461 e. The SMILES string of the molecule is C=CCOC(=O)C(C(=O)OCC=C)C(S)N1CCOCC1. The molecule has 0 spiro atoms. The lowest BCUT2D eigenvalue weighted by molar-refractivity contribution is -0.163. The number of carbonyl (C=O) groups excluding carboxylic acids is 2. The zero-order chi connectivity index (χ0) is 15.7. The van der Waals surface area contributed by atoms with Gasteiger partial charge in [-0.25, -0.2) is 0 Å². The van der Waals surface area contributed by atoms with Crippen LogP contribution in [0, 0.1) is 5.92 Å². The molecule has 6 nitrogen and oxygen atoms in total. The molecular weight excluding hydrogens is 294 g/mol. The fraction of sp³-hybridized carbons (Fsp3) is 0.571. The average molecular weight is 315 g/mol. The summed E-state index contributed by atoms with van der Waals surface area (Å²) in [6.45, 7) is 9.26. The van der Waals surface area contributed by atoms with E-state index in [1.165, 1.54) is 12.2 Å². The van der Waals surface area contributed by atoms with Gasteiger partial charge in [0.25, 0.3) is 0 Å². The molecule has 118 valence electrons. The summed E-state index contributed by atoms with van der Waals surface area (Å²) < 4.78 is 15.2. The van der Waals surface area contributed by atoms with Gasteiger partial charge in [0.1, 0.15) is 13.2 Å². The zero-order valence-corrected chi connectivity index (χ0v) is 12.8. The molecule has 0 amide bonds. The molecule has 0 aliphatic carbocycles. The Labute approximate surface area is 130 Å². The van der Waals surface area contributed by atoms with Crippen molar-refractivity contribution in [2.45, 2.75) is 5.37 Å². The van der Waals surface area contributed by atoms with E-state index in [9.17, 15) is 9.59 Å². The first-order valence-electron chi connectivity index (χ1n) is 6.66. The molecule has 1 aliphatic rings. The molecule has 1 rings (SSSR count). The van der Waals surface area contributed by atoms with E-state index in [0.29, 0.717) is 26.3 Å². The van der Waals surface area contributed by atoms with Crippen LogP contribution in [0.2, 0.25) is 0 Å². The van der Waals surface area contributed by atoms with Crippen LogP contribution in [0.1, 0.15) is 0 Å². The molecule has 1 unspecified atom stereocenters. The van der Waals surface area contributed by atoms with Crippen molar-refractivity contribution in [2.75, 3.05) is 39.5 Å². The van der Waals surface area contributed by atoms with Crippen LogP contribution in [-0.4, -0.2) is 61.7 Å². The van der Waals surface area contributed by atoms with E-state index in [-0.39, 0.29) is 13.2 Å². The number of nitrogens with zero attached hydrogens (tertiary/aromatic N) is 1. The van der Waals surface area contributed by atoms with Crippen molar-refractivity contribution in [3.05, 3.63) is 25.3 Å². The minimum absolute atomic E-state index is 0.0354. The maximum absolute atomic E-state index is 12.1. The predicted octanol–water partition coefficient (Wildman–Crippen LogP) is 0.649. The molecule has 1 aliphatic heterocycles. The van der Waals surface area contributed by atoms with Crippen LogP contribution < -0.4 is 0 Å². The van der Waals surface area contributed by atoms with Crippen LogP contribution in [0.3, 0.4) is 0 Å². The number of hydrogen-bond donors (Lipinski definition) is 1. The number of ether oxygens (including phenoxy) is 3. The van der Waals surface area contributed by atoms with Gasteiger partial charge in [-0.2, -0.15) is 12.6 Å². The second-order valence-electron chi connectivity index (χ2n) is 4.38. The van der Waals surface area contributed by atoms with Crippen molar-refractivity contribution in [3.8, 4) is 0 Å². The smallest absolute Gasteiger partial charge is 0.323 e. The summed E-state index contributed by atoms with van der Waals surface area (Å²) in [5.74, 6) is -2.46. The highest BCUT2D eigenvalue weighted by molar-refractivity contribution is 7.81. The van der Waals surface area contributed by atoms with Crippen molar-refractivity contribution in [1.82, 2.24) is 4.90 Å². The minimum Gasteiger partial charge on any atom is -0.461 e. The highest BCUT2D eigenvalue weighted by atomic mass is 32.1. The predicted molar refractivity (Wildman–Crippen MR) is 81.0 cm³/mol. The lowest BCUT2D eigenvalue weighted by atomic mass is 10.1. The first-order valence-corrected chi connectivity index (χ1v) is 7.18. The molecule has 7 heteroatoms. The van der Waals surface area contributed by atoms with Crippen LogP contribution in [-0.2, 0) is 23.8 Å². The molecular formula is C14H21NO5S. The van der Waals surface area contributed by atoms with E-state index in [1.54, 1.807) is 0 Å². The lowest BCUT2D eigenvalue weighted by Crippen LogP contribution is -2.49. The van der Waals surface area contributed by atoms with Crippen LogP contribution in [0.5, 0.6) is 0 Å². The first kappa shape index (κ1) is 17.7. The summed E-state index contributed by atoms with van der Waals surface area (Å²) >= 11 is 4.41. The summed E-state index contributed by atoms with van der Waals surface area (Å²) in [5, 5.41) is -0.622. The van der Waals surface area contributed by atoms with Gasteiger partial charge in [0.2, 0.25) is 0 Å². The Hall–Kier alpha value is -1.31. The Morgan fingerprint density at radius 2 is 1.62 bits per heavy atom. The van der Waals surface area contributed by atoms with Crippen molar-refractivity contribution in [1.29, 1.82) is 0 Å². The molecule has 0 aromatic heterocycles. The molecule has 1 atom stereocenters. The van der Waals surface area contributed by atoms with Gasteiger partial charge in [-0.1, -0.05) is 25.3 Å². The van der Waals surface area contributed by atoms with Crippen LogP contribution in [0.4, 0.5) is 0 Å². The van der Waals surface area contributed by atoms with E-state index < -0.39 is 23.2 Å². The molecule has 0 saturated carbocycles. The molecule has 1 fully saturated rings. The van der Waals surface area contributed by atoms with Gasteiger partial charge >= 0.3 is 11.9 Å². The Morgan fingerprint density at radius 3 is 2.05 bits per heavy atom. The van der Waals surface area contributed by atoms with Crippen LogP contribution in [0.25, 0.3) is 0 Å². The monoisotopic (exact) mass is 315 g/mol. The van der Waals surface area contributed by atoms with Gasteiger partial charge in [0, 0.05) is 13.1 Å². The van der Waals surface area contributed by atoms with E-state index in [2.05, 4.69) is 25.8 Å². The maximum atomic E-state index is 12.1. The van der Waals surface area contributed by atoms with Crippen molar-refractivity contribution in [3.63, 3.8) is 0 Å². The third-order valence-electron chi connectivity index (χ3n) is 2.91. The van der Waals surface area contributed by atoms with E-state index in [0.717, 1.165) is 0 Å². The lowest BCUT2D eigenvalue weighted by Gasteiger charge is -2.34. The van der Waals surface area contributed by atoms with Crippen molar-refractivity contribution < 1.29 is 23.8 Å². The Morgan fingerprint density at radius 1 is 1.14 bits per heavy atom. The quantitative estimate of drug-likeness (QED) is 0.307. The van der Waals surface area contributed by atoms with Gasteiger partial charge in [0.05, 0.1) is 18.6 Å². The third-order valence-corrected chi connectivity index (χ3v) is 3.54. The second kappa shape index (κ2) is 9.59. The van der Waals surface area contributed by atoms with Gasteiger partial charge < -0.3 is 14.2 Å². The fourth-order valence-corrected chi connectivity index (χ4v) is 2.33. The molecule has 21 heavy (non-hydrogen) atoms. The zero-order valence-electron chi connectivity index (χ0n) is 11.9. The van der Waals surface area contributed by atoms with Crippen molar-refractivity contribution in [2.24, 2.45) is 5.92 Å². The molecule has 0 aromatic rings. The first-order chi connectivity index (χ1) is 10.1. The molecule has 0 aromatic carbocycles. The highest BCUT2D eigenvalue weighted by Gasteiger charge is 2.39. The maximum Gasteiger partial charge on any atom is 0.323 e. The molecule has 1 heterocycles. The summed E-state index contributed by atoms with van der Waals surface area (Å²) in [5.41, 5.74) is 0. The second-order valence-corrected chi connectivity index (χ2v) is 4.91. The Balaban J connectivity index is 2.77. The number of morpholine rings is 1. The number of esters is 2. The average Bonchev–Trinajstić information content (AvgIpc) is 2.51. The molecule has 1 saturated heterocycles. The Kier molecular flexibility index (Phi) is 8.11. The van der Waals surface area contributed by atoms with E-state index in [4.69, 9.17) is 14.2 Å². The Bertz CT molecular complexity index is 358. The number of thiol groups is 1. The fourth-order valence-electron chi connectivity index (χ4n) is 1.85. The van der Waals surface area contributed by atoms with E-state index >= 15 is 0 Å². The van der Waals surface area contributed by atoms with Crippen molar-refractivity contribution >= 4 is 24.6 Å². The van der Waals surface area contributed by atoms with Gasteiger partial charge in [0.15, 0.2) is 5.92 Å². The number of hydrogen-bond acceptors (Lipinski definition) is 7.